The van der Waals surface area contributed by atoms with Crippen molar-refractivity contribution in [1.29, 1.82) is 0 Å². The number of carbonyl (C=O) groups excluding carboxylic acids is 1. The summed E-state index contributed by atoms with van der Waals surface area (Å²) in [5, 5.41) is 5.30. The van der Waals surface area contributed by atoms with E-state index in [0.717, 1.165) is 27.6 Å². The molecule has 0 aliphatic rings. The lowest BCUT2D eigenvalue weighted by molar-refractivity contribution is 0.101. The standard InChI is InChI=1S/C11H11BrN2O/c1-3-14-11(12)10-8(7(2)15)5-4-6-9(10)13-14/h4-6H,3H2,1-2H3. The molecule has 0 radical (unpaired) electrons. The molecule has 3 nitrogen and oxygen atoms in total. The number of fused-ring (bicyclic) bond motifs is 1. The minimum Gasteiger partial charge on any atom is -0.294 e. The largest absolute Gasteiger partial charge is 0.294 e. The smallest absolute Gasteiger partial charge is 0.160 e. The molecule has 0 unspecified atom stereocenters. The molecule has 0 saturated carbocycles. The molecule has 0 fully saturated rings. The molecule has 2 aromatic rings. The molecule has 0 bridgehead atoms. The van der Waals surface area contributed by atoms with Crippen molar-refractivity contribution >= 4 is 32.6 Å². The van der Waals surface area contributed by atoms with Crippen LogP contribution >= 0.6 is 15.9 Å². The fourth-order valence-electron chi connectivity index (χ4n) is 1.65. The fourth-order valence-corrected chi connectivity index (χ4v) is 2.39. The lowest BCUT2D eigenvalue weighted by Gasteiger charge is -1.98. The van der Waals surface area contributed by atoms with Gasteiger partial charge >= 0.3 is 0 Å². The van der Waals surface area contributed by atoms with Crippen molar-refractivity contribution in [2.45, 2.75) is 20.4 Å². The highest BCUT2D eigenvalue weighted by atomic mass is 79.9. The summed E-state index contributed by atoms with van der Waals surface area (Å²) in [6.07, 6.45) is 0. The molecule has 0 N–H and O–H groups in total. The van der Waals surface area contributed by atoms with E-state index < -0.39 is 0 Å². The maximum absolute atomic E-state index is 11.5. The average molecular weight is 267 g/mol. The first-order chi connectivity index (χ1) is 7.15. The van der Waals surface area contributed by atoms with E-state index in [9.17, 15) is 4.79 Å². The van der Waals surface area contributed by atoms with Crippen LogP contribution in [-0.4, -0.2) is 15.6 Å². The van der Waals surface area contributed by atoms with Crippen molar-refractivity contribution in [2.24, 2.45) is 0 Å². The van der Waals surface area contributed by atoms with Gasteiger partial charge in [0.05, 0.1) is 5.52 Å². The van der Waals surface area contributed by atoms with Gasteiger partial charge in [-0.25, -0.2) is 0 Å². The highest BCUT2D eigenvalue weighted by molar-refractivity contribution is 9.10. The molecular weight excluding hydrogens is 256 g/mol. The first-order valence-corrected chi connectivity index (χ1v) is 5.60. The zero-order chi connectivity index (χ0) is 11.0. The Hall–Kier alpha value is -1.16. The van der Waals surface area contributed by atoms with Crippen LogP contribution < -0.4 is 0 Å². The molecule has 0 aliphatic carbocycles. The van der Waals surface area contributed by atoms with Gasteiger partial charge in [0.1, 0.15) is 4.60 Å². The lowest BCUT2D eigenvalue weighted by Crippen LogP contribution is -1.96. The van der Waals surface area contributed by atoms with E-state index in [1.165, 1.54) is 0 Å². The summed E-state index contributed by atoms with van der Waals surface area (Å²) in [7, 11) is 0. The van der Waals surface area contributed by atoms with Gasteiger partial charge in [-0.1, -0.05) is 12.1 Å². The molecule has 4 heteroatoms. The van der Waals surface area contributed by atoms with Gasteiger partial charge in [0.25, 0.3) is 0 Å². The number of nitrogens with zero attached hydrogens (tertiary/aromatic N) is 2. The SMILES string of the molecule is CCn1nc2cccc(C(C)=O)c2c1Br. The zero-order valence-corrected chi connectivity index (χ0v) is 10.2. The second-order valence-corrected chi connectivity index (χ2v) is 4.11. The molecule has 0 spiro atoms. The van der Waals surface area contributed by atoms with Crippen LogP contribution in [0.25, 0.3) is 10.9 Å². The second-order valence-electron chi connectivity index (χ2n) is 3.36. The summed E-state index contributed by atoms with van der Waals surface area (Å²) < 4.78 is 2.72. The number of Topliss-reactive ketones (excluding diaryl/α,β-unsaturated/α-hetero) is 1. The van der Waals surface area contributed by atoms with Crippen molar-refractivity contribution in [3.8, 4) is 0 Å². The summed E-state index contributed by atoms with van der Waals surface area (Å²) >= 11 is 3.48. The third-order valence-corrected chi connectivity index (χ3v) is 3.19. The number of aryl methyl sites for hydroxylation is 1. The number of aromatic nitrogens is 2. The Morgan fingerprint density at radius 1 is 1.53 bits per heavy atom. The summed E-state index contributed by atoms with van der Waals surface area (Å²) in [5.74, 6) is 0.0666. The van der Waals surface area contributed by atoms with Gasteiger partial charge in [-0.2, -0.15) is 5.10 Å². The zero-order valence-electron chi connectivity index (χ0n) is 8.62. The highest BCUT2D eigenvalue weighted by Gasteiger charge is 2.13. The molecule has 1 aromatic carbocycles. The van der Waals surface area contributed by atoms with Gasteiger partial charge in [-0.3, -0.25) is 9.48 Å². The van der Waals surface area contributed by atoms with Gasteiger partial charge in [0.2, 0.25) is 0 Å². The summed E-state index contributed by atoms with van der Waals surface area (Å²) in [5.41, 5.74) is 1.58. The summed E-state index contributed by atoms with van der Waals surface area (Å²) in [6, 6.07) is 5.61. The molecule has 1 aromatic heterocycles. The van der Waals surface area contributed by atoms with Crippen LogP contribution in [0.2, 0.25) is 0 Å². The predicted molar refractivity (Wildman–Crippen MR) is 63.1 cm³/mol. The van der Waals surface area contributed by atoms with Crippen LogP contribution in [0.3, 0.4) is 0 Å². The number of hydrogen-bond donors (Lipinski definition) is 0. The Balaban J connectivity index is 2.84. The topological polar surface area (TPSA) is 34.9 Å². The Labute approximate surface area is 96.2 Å². The number of benzene rings is 1. The van der Waals surface area contributed by atoms with Crippen LogP contribution in [-0.2, 0) is 6.54 Å². The maximum Gasteiger partial charge on any atom is 0.160 e. The van der Waals surface area contributed by atoms with Gasteiger partial charge in [0, 0.05) is 17.5 Å². The second kappa shape index (κ2) is 3.77. The summed E-state index contributed by atoms with van der Waals surface area (Å²) in [6.45, 7) is 4.38. The Kier molecular flexibility index (Phi) is 2.61. The molecular formula is C11H11BrN2O. The van der Waals surface area contributed by atoms with Gasteiger partial charge in [0.15, 0.2) is 5.78 Å². The van der Waals surface area contributed by atoms with Crippen LogP contribution in [0.4, 0.5) is 0 Å². The molecule has 0 aliphatic heterocycles. The van der Waals surface area contributed by atoms with E-state index in [1.807, 2.05) is 29.8 Å². The Bertz CT molecular complexity index is 531. The monoisotopic (exact) mass is 266 g/mol. The van der Waals surface area contributed by atoms with Crippen LogP contribution in [0.5, 0.6) is 0 Å². The molecule has 0 amide bonds. The van der Waals surface area contributed by atoms with E-state index in [1.54, 1.807) is 6.92 Å². The van der Waals surface area contributed by atoms with Crippen LogP contribution in [0.15, 0.2) is 22.8 Å². The number of carbonyl (C=O) groups is 1. The van der Waals surface area contributed by atoms with Gasteiger partial charge in [-0.15, -0.1) is 0 Å². The average Bonchev–Trinajstić information content (AvgIpc) is 2.55. The van der Waals surface area contributed by atoms with Crippen molar-refractivity contribution in [3.63, 3.8) is 0 Å². The van der Waals surface area contributed by atoms with Gasteiger partial charge in [-0.05, 0) is 35.8 Å². The number of rotatable bonds is 2. The first-order valence-electron chi connectivity index (χ1n) is 4.81. The Morgan fingerprint density at radius 2 is 2.27 bits per heavy atom. The number of ketones is 1. The molecule has 78 valence electrons. The molecule has 1 heterocycles. The highest BCUT2D eigenvalue weighted by Crippen LogP contribution is 2.27. The van der Waals surface area contributed by atoms with E-state index in [4.69, 9.17) is 0 Å². The van der Waals surface area contributed by atoms with E-state index in [0.29, 0.717) is 0 Å². The lowest BCUT2D eigenvalue weighted by atomic mass is 10.1. The summed E-state index contributed by atoms with van der Waals surface area (Å²) in [4.78, 5) is 11.5. The third kappa shape index (κ3) is 1.59. The molecule has 0 saturated heterocycles. The minimum absolute atomic E-state index is 0.0666. The molecule has 15 heavy (non-hydrogen) atoms. The normalized spacial score (nSPS) is 10.9. The fraction of sp³-hybridized carbons (Fsp3) is 0.273. The van der Waals surface area contributed by atoms with E-state index in [-0.39, 0.29) is 5.78 Å². The van der Waals surface area contributed by atoms with Crippen molar-refractivity contribution in [1.82, 2.24) is 9.78 Å². The maximum atomic E-state index is 11.5. The van der Waals surface area contributed by atoms with Gasteiger partial charge < -0.3 is 0 Å². The van der Waals surface area contributed by atoms with Crippen LogP contribution in [0, 0.1) is 0 Å². The minimum atomic E-state index is 0.0666. The molecule has 0 atom stereocenters. The molecule has 2 rings (SSSR count). The third-order valence-electron chi connectivity index (χ3n) is 2.38. The van der Waals surface area contributed by atoms with Crippen molar-refractivity contribution in [3.05, 3.63) is 28.4 Å². The van der Waals surface area contributed by atoms with Crippen LogP contribution in [0.1, 0.15) is 24.2 Å². The quantitative estimate of drug-likeness (QED) is 0.784. The Morgan fingerprint density at radius 3 is 2.87 bits per heavy atom. The number of halogens is 1. The van der Waals surface area contributed by atoms with Crippen molar-refractivity contribution in [2.75, 3.05) is 0 Å². The first kappa shape index (κ1) is 10.4. The van der Waals surface area contributed by atoms with E-state index in [2.05, 4.69) is 21.0 Å². The predicted octanol–water partition coefficient (Wildman–Crippen LogP) is 3.02. The number of hydrogen-bond acceptors (Lipinski definition) is 2. The van der Waals surface area contributed by atoms with Crippen molar-refractivity contribution < 1.29 is 4.79 Å². The van der Waals surface area contributed by atoms with E-state index >= 15 is 0 Å².